The smallest absolute Gasteiger partial charge is 0.0414 e. The monoisotopic (exact) mass is 198 g/mol. The van der Waals surface area contributed by atoms with Crippen LogP contribution in [0.2, 0.25) is 0 Å². The van der Waals surface area contributed by atoms with Gasteiger partial charge in [-0.15, -0.1) is 0 Å². The number of aliphatic carboxylic acids is 2. The van der Waals surface area contributed by atoms with E-state index in [0.717, 1.165) is 0 Å². The molecule has 13 heavy (non-hydrogen) atoms. The molecule has 0 aliphatic rings. The van der Waals surface area contributed by atoms with Gasteiger partial charge >= 0.3 is 0 Å². The largest absolute Gasteiger partial charge is 0.550 e. The van der Waals surface area contributed by atoms with Gasteiger partial charge in [-0.25, -0.2) is 0 Å². The Bertz CT molecular complexity index is 123. The molecule has 7 heteroatoms. The average molecular weight is 198 g/mol. The van der Waals surface area contributed by atoms with Crippen molar-refractivity contribution in [3.05, 3.63) is 0 Å². The van der Waals surface area contributed by atoms with Gasteiger partial charge in [-0.1, -0.05) is 0 Å². The summed E-state index contributed by atoms with van der Waals surface area (Å²) in [5.74, 6) is -2.28. The lowest BCUT2D eigenvalue weighted by Crippen LogP contribution is -2.23. The van der Waals surface area contributed by atoms with Crippen molar-refractivity contribution in [1.29, 1.82) is 0 Å². The first-order chi connectivity index (χ1) is 4.63. The first-order valence-electron chi connectivity index (χ1n) is 3.02. The molecular weight excluding hydrogens is 180 g/mol. The van der Waals surface area contributed by atoms with Crippen LogP contribution in [0.15, 0.2) is 0 Å². The lowest BCUT2D eigenvalue weighted by Gasteiger charge is -2.01. The van der Waals surface area contributed by atoms with Crippen molar-refractivity contribution in [3.8, 4) is 0 Å². The Labute approximate surface area is 76.2 Å². The second-order valence-corrected chi connectivity index (χ2v) is 1.95. The molecular formula is C6H18N2O5. The van der Waals surface area contributed by atoms with Crippen molar-refractivity contribution >= 4 is 11.9 Å². The molecule has 82 valence electrons. The molecule has 0 aromatic carbocycles. The molecule has 0 amide bonds. The van der Waals surface area contributed by atoms with Gasteiger partial charge in [0.1, 0.15) is 0 Å². The molecule has 0 fully saturated rings. The fourth-order valence-corrected chi connectivity index (χ4v) is 0.539. The maximum atomic E-state index is 9.77. The quantitative estimate of drug-likeness (QED) is 0.482. The van der Waals surface area contributed by atoms with Crippen LogP contribution in [0, 0.1) is 0 Å². The summed E-state index contributed by atoms with van der Waals surface area (Å²) in [6.07, 6.45) is 0.535. The summed E-state index contributed by atoms with van der Waals surface area (Å²) in [5.41, 5.74) is 0. The first kappa shape index (κ1) is 22.6. The normalized spacial score (nSPS) is 7.08. The minimum atomic E-state index is -1.14. The molecule has 0 spiro atoms. The van der Waals surface area contributed by atoms with E-state index in [-0.39, 0.29) is 30.6 Å². The summed E-state index contributed by atoms with van der Waals surface area (Å²) in [5, 5.41) is 19.5. The Balaban J connectivity index is -0.000000135. The van der Waals surface area contributed by atoms with E-state index in [1.165, 1.54) is 0 Å². The van der Waals surface area contributed by atoms with Gasteiger partial charge in [0.25, 0.3) is 0 Å². The lowest BCUT2D eigenvalue weighted by molar-refractivity contribution is -0.308. The Kier molecular flexibility index (Phi) is 23.3. The van der Waals surface area contributed by atoms with Crippen LogP contribution in [0.1, 0.15) is 25.7 Å². The Morgan fingerprint density at radius 1 is 0.846 bits per heavy atom. The summed E-state index contributed by atoms with van der Waals surface area (Å²) in [6, 6.07) is 0. The second kappa shape index (κ2) is 13.4. The van der Waals surface area contributed by atoms with Crippen molar-refractivity contribution in [2.45, 2.75) is 25.7 Å². The predicted molar refractivity (Wildman–Crippen MR) is 44.1 cm³/mol. The molecule has 0 saturated heterocycles. The highest BCUT2D eigenvalue weighted by molar-refractivity contribution is 5.65. The van der Waals surface area contributed by atoms with Crippen molar-refractivity contribution in [1.82, 2.24) is 12.3 Å². The van der Waals surface area contributed by atoms with E-state index in [4.69, 9.17) is 0 Å². The number of carbonyl (C=O) groups is 2. The van der Waals surface area contributed by atoms with Gasteiger partial charge in [-0.05, 0) is 25.7 Å². The minimum Gasteiger partial charge on any atom is -0.550 e. The lowest BCUT2D eigenvalue weighted by atomic mass is 10.2. The Morgan fingerprint density at radius 3 is 1.23 bits per heavy atom. The third kappa shape index (κ3) is 24.8. The maximum Gasteiger partial charge on any atom is 0.0414 e. The van der Waals surface area contributed by atoms with Crippen molar-refractivity contribution in [3.63, 3.8) is 0 Å². The van der Waals surface area contributed by atoms with Crippen LogP contribution in [0.25, 0.3) is 0 Å². The minimum absolute atomic E-state index is 0. The van der Waals surface area contributed by atoms with Gasteiger partial charge in [-0.3, -0.25) is 0 Å². The summed E-state index contributed by atoms with van der Waals surface area (Å²) in [4.78, 5) is 19.5. The zero-order valence-corrected chi connectivity index (χ0v) is 7.96. The van der Waals surface area contributed by atoms with Crippen LogP contribution in [0.4, 0.5) is 0 Å². The van der Waals surface area contributed by atoms with Gasteiger partial charge in [0.2, 0.25) is 0 Å². The number of hydrogen-bond acceptors (Lipinski definition) is 4. The fourth-order valence-electron chi connectivity index (χ4n) is 0.539. The molecule has 7 nitrogen and oxygen atoms in total. The predicted octanol–water partition coefficient (Wildman–Crippen LogP) is -2.03. The van der Waals surface area contributed by atoms with E-state index in [1.54, 1.807) is 0 Å². The zero-order chi connectivity index (χ0) is 7.98. The first-order valence-corrected chi connectivity index (χ1v) is 3.02. The van der Waals surface area contributed by atoms with Crippen LogP contribution < -0.4 is 22.5 Å². The van der Waals surface area contributed by atoms with Gasteiger partial charge in [0.15, 0.2) is 0 Å². The number of rotatable bonds is 5. The Hall–Kier alpha value is -1.18. The third-order valence-corrected chi connectivity index (χ3v) is 1.01. The highest BCUT2D eigenvalue weighted by Gasteiger charge is 1.89. The third-order valence-electron chi connectivity index (χ3n) is 1.01. The standard InChI is InChI=1S/C6H10O4.2H3N.H2O/c7-5(8)3-1-2-4-6(9)10;;;/h1-4H2,(H,7,8)(H,9,10);2*1H3;1H2. The summed E-state index contributed by atoms with van der Waals surface area (Å²) in [6.45, 7) is 0. The van der Waals surface area contributed by atoms with Crippen LogP contribution >= 0.6 is 0 Å². The van der Waals surface area contributed by atoms with Gasteiger partial charge in [0, 0.05) is 11.9 Å². The van der Waals surface area contributed by atoms with Crippen LogP contribution in [-0.4, -0.2) is 17.4 Å². The van der Waals surface area contributed by atoms with Crippen molar-refractivity contribution < 1.29 is 25.3 Å². The van der Waals surface area contributed by atoms with E-state index >= 15 is 0 Å². The highest BCUT2D eigenvalue weighted by Crippen LogP contribution is 1.96. The van der Waals surface area contributed by atoms with Gasteiger partial charge < -0.3 is 37.6 Å². The fraction of sp³-hybridized carbons (Fsp3) is 0.667. The van der Waals surface area contributed by atoms with Crippen molar-refractivity contribution in [2.75, 3.05) is 0 Å². The highest BCUT2D eigenvalue weighted by atomic mass is 16.4. The molecule has 0 unspecified atom stereocenters. The Morgan fingerprint density at radius 2 is 1.08 bits per heavy atom. The number of hydrogen-bond donors (Lipinski definition) is 2. The molecule has 0 aliphatic heterocycles. The van der Waals surface area contributed by atoms with E-state index in [9.17, 15) is 19.8 Å². The van der Waals surface area contributed by atoms with Crippen molar-refractivity contribution in [2.24, 2.45) is 0 Å². The van der Waals surface area contributed by atoms with E-state index in [1.807, 2.05) is 0 Å². The maximum absolute atomic E-state index is 9.77. The number of carboxylic acids is 2. The van der Waals surface area contributed by atoms with E-state index < -0.39 is 11.9 Å². The molecule has 10 N–H and O–H groups in total. The van der Waals surface area contributed by atoms with Crippen LogP contribution in [0.3, 0.4) is 0 Å². The SMILES string of the molecule is O.O=C([O-])CCCCC(=O)[O-].[NH4+].[NH4+]. The molecule has 0 rings (SSSR count). The number of unbranched alkanes of at least 4 members (excludes halogenated alkanes) is 1. The molecule has 0 heterocycles. The molecule has 0 bridgehead atoms. The van der Waals surface area contributed by atoms with Gasteiger partial charge in [-0.2, -0.15) is 0 Å². The molecule has 0 atom stereocenters. The summed E-state index contributed by atoms with van der Waals surface area (Å²) in [7, 11) is 0. The van der Waals surface area contributed by atoms with Crippen LogP contribution in [-0.2, 0) is 9.59 Å². The second-order valence-electron chi connectivity index (χ2n) is 1.95. The molecule has 0 radical (unpaired) electrons. The summed E-state index contributed by atoms with van der Waals surface area (Å²) >= 11 is 0. The molecule has 0 saturated carbocycles. The van der Waals surface area contributed by atoms with E-state index in [2.05, 4.69) is 0 Å². The van der Waals surface area contributed by atoms with Gasteiger partial charge in [0.05, 0.1) is 0 Å². The zero-order valence-electron chi connectivity index (χ0n) is 7.96. The molecule has 0 aromatic heterocycles. The number of quaternary nitrogens is 2. The summed E-state index contributed by atoms with van der Waals surface area (Å²) < 4.78 is 0. The number of carboxylic acid groups (broad SMARTS) is 2. The molecule has 0 aliphatic carbocycles. The van der Waals surface area contributed by atoms with Crippen LogP contribution in [0.5, 0.6) is 0 Å². The number of carbonyl (C=O) groups excluding carboxylic acids is 2. The van der Waals surface area contributed by atoms with E-state index in [0.29, 0.717) is 12.8 Å². The molecule has 0 aromatic rings. The topological polar surface area (TPSA) is 185 Å². The average Bonchev–Trinajstić information content (AvgIpc) is 1.79.